The van der Waals surface area contributed by atoms with Gasteiger partial charge in [-0.05, 0) is 128 Å². The Morgan fingerprint density at radius 3 is 1.69 bits per heavy atom. The molecule has 3 aromatic heterocycles. The van der Waals surface area contributed by atoms with Gasteiger partial charge in [-0.1, -0.05) is 41.4 Å². The van der Waals surface area contributed by atoms with Crippen molar-refractivity contribution in [3.05, 3.63) is 139 Å². The average Bonchev–Trinajstić information content (AvgIpc) is 3.85. The van der Waals surface area contributed by atoms with Crippen molar-refractivity contribution in [2.24, 2.45) is 0 Å². The van der Waals surface area contributed by atoms with Crippen molar-refractivity contribution in [1.29, 1.82) is 0 Å². The van der Waals surface area contributed by atoms with Gasteiger partial charge in [0.15, 0.2) is 0 Å². The highest BCUT2D eigenvalue weighted by molar-refractivity contribution is 14.1. The molecule has 7 rings (SSSR count). The largest absolute Gasteiger partial charge is 0.464 e. The Morgan fingerprint density at radius 2 is 1.23 bits per heavy atom. The number of aryl methyl sites for hydroxylation is 2. The van der Waals surface area contributed by atoms with E-state index in [4.69, 9.17) is 37.1 Å². The summed E-state index contributed by atoms with van der Waals surface area (Å²) in [5, 5.41) is 1.38. The highest BCUT2D eigenvalue weighted by Crippen LogP contribution is 2.29. The van der Waals surface area contributed by atoms with Gasteiger partial charge < -0.3 is 23.0 Å². The second-order valence-electron chi connectivity index (χ2n) is 11.9. The van der Waals surface area contributed by atoms with Gasteiger partial charge in [0.2, 0.25) is 0 Å². The van der Waals surface area contributed by atoms with Crippen LogP contribution in [0.3, 0.4) is 0 Å². The van der Waals surface area contributed by atoms with Gasteiger partial charge in [0.05, 0.1) is 65.8 Å². The lowest BCUT2D eigenvalue weighted by atomic mass is 10.1. The molecule has 0 amide bonds. The first-order chi connectivity index (χ1) is 25.1. The van der Waals surface area contributed by atoms with Crippen LogP contribution in [-0.4, -0.2) is 44.3 Å². The lowest BCUT2D eigenvalue weighted by Crippen LogP contribution is -2.06. The molecule has 0 N–H and O–H groups in total. The lowest BCUT2D eigenvalue weighted by molar-refractivity contribution is 0.0517. The Balaban J connectivity index is 0.000000181. The van der Waals surface area contributed by atoms with E-state index in [-0.39, 0.29) is 11.9 Å². The number of rotatable bonds is 9. The Morgan fingerprint density at radius 1 is 0.712 bits per heavy atom. The van der Waals surface area contributed by atoms with Gasteiger partial charge in [0.1, 0.15) is 17.4 Å². The third kappa shape index (κ3) is 8.19. The van der Waals surface area contributed by atoms with Gasteiger partial charge in [0, 0.05) is 19.2 Å². The van der Waals surface area contributed by atoms with Crippen molar-refractivity contribution >= 4 is 79.8 Å². The molecule has 0 atom stereocenters. The first kappa shape index (κ1) is 37.1. The predicted octanol–water partition coefficient (Wildman–Crippen LogP) is 10.3. The highest BCUT2D eigenvalue weighted by Gasteiger charge is 2.16. The number of carbonyl (C=O) groups is 2. The Hall–Kier alpha value is -4.65. The second-order valence-corrected chi connectivity index (χ2v) is 13.9. The highest BCUT2D eigenvalue weighted by atomic mass is 127. The molecule has 0 aliphatic carbocycles. The van der Waals surface area contributed by atoms with Gasteiger partial charge >= 0.3 is 11.9 Å². The van der Waals surface area contributed by atoms with Crippen molar-refractivity contribution in [2.45, 2.75) is 40.8 Å². The molecule has 0 radical (unpaired) electrons. The van der Waals surface area contributed by atoms with Crippen molar-refractivity contribution in [3.63, 3.8) is 0 Å². The molecule has 3 heterocycles. The van der Waals surface area contributed by atoms with Crippen molar-refractivity contribution < 1.29 is 23.5 Å². The number of carbonyl (C=O) groups excluding carboxylic acids is 2. The Labute approximate surface area is 324 Å². The number of aromatic nitrogens is 4. The molecule has 0 aliphatic rings. The SMILES string of the molecule is CCOC(=O)c1ccc2nc(C)n(Cc3ccc(-c4ccco4)cc3Cl)c2c1.CCOC(=O)c1ccc2nc(C)n(Cc3ccc(I)cc3Cl)c2c1. The predicted molar refractivity (Wildman–Crippen MR) is 212 cm³/mol. The Bertz CT molecular complexity index is 2400. The zero-order valence-corrected chi connectivity index (χ0v) is 32.6. The number of imidazole rings is 2. The molecular weight excluding hydrogens is 814 g/mol. The maximum absolute atomic E-state index is 12.1. The van der Waals surface area contributed by atoms with E-state index in [2.05, 4.69) is 37.1 Å². The summed E-state index contributed by atoms with van der Waals surface area (Å²) in [7, 11) is 0. The zero-order chi connectivity index (χ0) is 36.9. The van der Waals surface area contributed by atoms with Crippen LogP contribution in [0.1, 0.15) is 57.3 Å². The second kappa shape index (κ2) is 16.4. The van der Waals surface area contributed by atoms with Crippen LogP contribution in [-0.2, 0) is 22.6 Å². The standard InChI is InChI=1S/C22H19ClN2O3.C18H16ClIN2O2/c1-3-27-22(26)16-8-9-19-20(12-16)25(14(2)24-19)13-17-7-6-15(11-18(17)23)21-5-4-10-28-21;1-3-24-18(23)12-5-7-16-17(8-12)22(11(2)21-16)10-13-4-6-14(20)9-15(13)19/h4-12H,3,13H2,1-2H3;4-9H,3,10H2,1-2H3. The number of esters is 2. The summed E-state index contributed by atoms with van der Waals surface area (Å²) in [5.74, 6) is 1.84. The first-order valence-electron chi connectivity index (χ1n) is 16.6. The number of halogens is 3. The molecule has 9 nitrogen and oxygen atoms in total. The molecule has 0 spiro atoms. The fourth-order valence-corrected chi connectivity index (χ4v) is 6.99. The number of fused-ring (bicyclic) bond motifs is 2. The number of hydrogen-bond donors (Lipinski definition) is 0. The molecule has 266 valence electrons. The van der Waals surface area contributed by atoms with E-state index in [1.807, 2.05) is 91.2 Å². The third-order valence-corrected chi connectivity index (χ3v) is 9.81. The van der Waals surface area contributed by atoms with E-state index in [0.717, 1.165) is 64.8 Å². The van der Waals surface area contributed by atoms with Gasteiger partial charge in [-0.3, -0.25) is 0 Å². The smallest absolute Gasteiger partial charge is 0.338 e. The normalized spacial score (nSPS) is 11.1. The molecule has 52 heavy (non-hydrogen) atoms. The summed E-state index contributed by atoms with van der Waals surface area (Å²) in [4.78, 5) is 33.2. The monoisotopic (exact) mass is 848 g/mol. The van der Waals surface area contributed by atoms with Crippen LogP contribution < -0.4 is 0 Å². The summed E-state index contributed by atoms with van der Waals surface area (Å²) < 4.78 is 20.8. The van der Waals surface area contributed by atoms with E-state index in [1.165, 1.54) is 0 Å². The molecule has 0 saturated carbocycles. The molecule has 0 fully saturated rings. The van der Waals surface area contributed by atoms with E-state index in [9.17, 15) is 9.59 Å². The number of nitrogens with zero attached hydrogens (tertiary/aromatic N) is 4. The van der Waals surface area contributed by atoms with Crippen molar-refractivity contribution in [1.82, 2.24) is 19.1 Å². The van der Waals surface area contributed by atoms with Crippen LogP contribution in [0.5, 0.6) is 0 Å². The van der Waals surface area contributed by atoms with E-state index in [0.29, 0.717) is 42.5 Å². The number of furan rings is 1. The molecule has 7 aromatic rings. The Kier molecular flexibility index (Phi) is 11.7. The number of hydrogen-bond acceptors (Lipinski definition) is 7. The summed E-state index contributed by atoms with van der Waals surface area (Å²) in [6, 6.07) is 26.4. The topological polar surface area (TPSA) is 101 Å². The summed E-state index contributed by atoms with van der Waals surface area (Å²) in [6.45, 7) is 9.32. The first-order valence-corrected chi connectivity index (χ1v) is 18.4. The quantitative estimate of drug-likeness (QED) is 0.105. The van der Waals surface area contributed by atoms with Gasteiger partial charge in [0.25, 0.3) is 0 Å². The molecular formula is C40H35Cl2IN4O5. The van der Waals surface area contributed by atoms with Crippen molar-refractivity contribution in [3.8, 4) is 11.3 Å². The molecule has 4 aromatic carbocycles. The van der Waals surface area contributed by atoms with Crippen LogP contribution in [0.4, 0.5) is 0 Å². The molecule has 0 unspecified atom stereocenters. The minimum Gasteiger partial charge on any atom is -0.464 e. The minimum atomic E-state index is -0.337. The summed E-state index contributed by atoms with van der Waals surface area (Å²) >= 11 is 15.1. The number of benzene rings is 4. The van der Waals surface area contributed by atoms with Crippen LogP contribution in [0.15, 0.2) is 95.6 Å². The molecule has 12 heteroatoms. The lowest BCUT2D eigenvalue weighted by Gasteiger charge is -2.10. The van der Waals surface area contributed by atoms with Crippen molar-refractivity contribution in [2.75, 3.05) is 13.2 Å². The molecule has 0 saturated heterocycles. The van der Waals surface area contributed by atoms with Gasteiger partial charge in [-0.25, -0.2) is 19.6 Å². The molecule has 0 bridgehead atoms. The molecule has 0 aliphatic heterocycles. The fraction of sp³-hybridized carbons (Fsp3) is 0.200. The van der Waals surface area contributed by atoms with Crippen LogP contribution >= 0.6 is 45.8 Å². The van der Waals surface area contributed by atoms with E-state index in [1.54, 1.807) is 32.2 Å². The fourth-order valence-electron chi connectivity index (χ4n) is 5.83. The summed E-state index contributed by atoms with van der Waals surface area (Å²) in [5.41, 5.74) is 7.38. The third-order valence-electron chi connectivity index (χ3n) is 8.43. The van der Waals surface area contributed by atoms with E-state index >= 15 is 0 Å². The van der Waals surface area contributed by atoms with Crippen LogP contribution in [0, 0.1) is 17.4 Å². The van der Waals surface area contributed by atoms with Crippen LogP contribution in [0.2, 0.25) is 10.0 Å². The van der Waals surface area contributed by atoms with Crippen LogP contribution in [0.25, 0.3) is 33.4 Å². The maximum atomic E-state index is 12.1. The average molecular weight is 850 g/mol. The summed E-state index contributed by atoms with van der Waals surface area (Å²) in [6.07, 6.45) is 1.64. The zero-order valence-electron chi connectivity index (χ0n) is 29.0. The van der Waals surface area contributed by atoms with Gasteiger partial charge in [-0.15, -0.1) is 0 Å². The minimum absolute atomic E-state index is 0.322. The number of ether oxygens (including phenoxy) is 2. The maximum Gasteiger partial charge on any atom is 0.338 e. The van der Waals surface area contributed by atoms with E-state index < -0.39 is 0 Å². The van der Waals surface area contributed by atoms with Gasteiger partial charge in [-0.2, -0.15) is 0 Å².